The highest BCUT2D eigenvalue weighted by Gasteiger charge is 2.26. The van der Waals surface area contributed by atoms with Gasteiger partial charge in [0.05, 0.1) is 5.92 Å². The van der Waals surface area contributed by atoms with Crippen molar-refractivity contribution in [1.82, 2.24) is 10.2 Å². The van der Waals surface area contributed by atoms with Crippen molar-refractivity contribution in [1.29, 1.82) is 0 Å². The van der Waals surface area contributed by atoms with Crippen LogP contribution in [0.5, 0.6) is 0 Å². The molecule has 2 aliphatic rings. The molecule has 4 heteroatoms. The van der Waals surface area contributed by atoms with E-state index in [4.69, 9.17) is 5.73 Å². The summed E-state index contributed by atoms with van der Waals surface area (Å²) >= 11 is 0. The van der Waals surface area contributed by atoms with Crippen LogP contribution < -0.4 is 11.1 Å². The molecule has 1 unspecified atom stereocenters. The summed E-state index contributed by atoms with van der Waals surface area (Å²) in [5.41, 5.74) is 5.36. The fourth-order valence-corrected chi connectivity index (χ4v) is 2.68. The normalized spacial score (nSPS) is 33.1. The third-order valence-electron chi connectivity index (χ3n) is 3.55. The van der Waals surface area contributed by atoms with Crippen molar-refractivity contribution < 1.29 is 4.79 Å². The van der Waals surface area contributed by atoms with Gasteiger partial charge in [0.15, 0.2) is 0 Å². The van der Waals surface area contributed by atoms with E-state index < -0.39 is 0 Å². The molecule has 86 valence electrons. The van der Waals surface area contributed by atoms with Gasteiger partial charge >= 0.3 is 0 Å². The Bertz CT molecular complexity index is 226. The van der Waals surface area contributed by atoms with Crippen LogP contribution >= 0.6 is 0 Å². The number of piperidine rings is 1. The number of likely N-dealkylation sites (tertiary alicyclic amines) is 1. The van der Waals surface area contributed by atoms with Gasteiger partial charge in [-0.05, 0) is 38.8 Å². The summed E-state index contributed by atoms with van der Waals surface area (Å²) < 4.78 is 0. The first-order chi connectivity index (χ1) is 7.25. The van der Waals surface area contributed by atoms with Gasteiger partial charge in [0.1, 0.15) is 0 Å². The number of carbonyl (C=O) groups excluding carboxylic acids is 1. The molecule has 0 radical (unpaired) electrons. The first-order valence-electron chi connectivity index (χ1n) is 6.01. The van der Waals surface area contributed by atoms with Gasteiger partial charge in [-0.3, -0.25) is 4.79 Å². The van der Waals surface area contributed by atoms with E-state index in [1.54, 1.807) is 0 Å². The molecule has 2 aliphatic heterocycles. The SMILES string of the molecule is NC(=O)C1CCCN(C[C@@H]2CCCN2)C1. The van der Waals surface area contributed by atoms with Crippen LogP contribution in [0.2, 0.25) is 0 Å². The number of primary amides is 1. The lowest BCUT2D eigenvalue weighted by molar-refractivity contribution is -0.123. The molecule has 2 heterocycles. The van der Waals surface area contributed by atoms with E-state index >= 15 is 0 Å². The second-order valence-electron chi connectivity index (χ2n) is 4.79. The molecule has 0 aromatic heterocycles. The Balaban J connectivity index is 1.79. The molecule has 2 rings (SSSR count). The Labute approximate surface area is 91.2 Å². The lowest BCUT2D eigenvalue weighted by Crippen LogP contribution is -2.45. The molecule has 1 amide bonds. The molecule has 0 spiro atoms. The van der Waals surface area contributed by atoms with Gasteiger partial charge < -0.3 is 16.0 Å². The molecule has 0 aromatic rings. The quantitative estimate of drug-likeness (QED) is 0.687. The van der Waals surface area contributed by atoms with Gasteiger partial charge in [0.25, 0.3) is 0 Å². The maximum absolute atomic E-state index is 11.1. The lowest BCUT2D eigenvalue weighted by Gasteiger charge is -2.32. The van der Waals surface area contributed by atoms with Crippen LogP contribution in [0, 0.1) is 5.92 Å². The van der Waals surface area contributed by atoms with Crippen LogP contribution in [-0.2, 0) is 4.79 Å². The first kappa shape index (κ1) is 10.9. The summed E-state index contributed by atoms with van der Waals surface area (Å²) in [6.07, 6.45) is 4.65. The van der Waals surface area contributed by atoms with Gasteiger partial charge in [0, 0.05) is 19.1 Å². The minimum atomic E-state index is -0.126. The molecular weight excluding hydrogens is 190 g/mol. The van der Waals surface area contributed by atoms with Gasteiger partial charge in [-0.25, -0.2) is 0 Å². The highest BCUT2D eigenvalue weighted by atomic mass is 16.1. The number of rotatable bonds is 3. The van der Waals surface area contributed by atoms with E-state index in [1.165, 1.54) is 12.8 Å². The van der Waals surface area contributed by atoms with Crippen LogP contribution in [0.1, 0.15) is 25.7 Å². The van der Waals surface area contributed by atoms with Crippen LogP contribution in [0.15, 0.2) is 0 Å². The number of carbonyl (C=O) groups is 1. The van der Waals surface area contributed by atoms with E-state index in [0.717, 1.165) is 39.0 Å². The van der Waals surface area contributed by atoms with Gasteiger partial charge in [-0.2, -0.15) is 0 Å². The number of hydrogen-bond acceptors (Lipinski definition) is 3. The van der Waals surface area contributed by atoms with Crippen molar-refractivity contribution in [2.24, 2.45) is 11.7 Å². The van der Waals surface area contributed by atoms with Crippen molar-refractivity contribution in [2.75, 3.05) is 26.2 Å². The lowest BCUT2D eigenvalue weighted by atomic mass is 9.97. The number of nitrogens with one attached hydrogen (secondary N) is 1. The topological polar surface area (TPSA) is 58.4 Å². The third kappa shape index (κ3) is 2.92. The highest BCUT2D eigenvalue weighted by Crippen LogP contribution is 2.17. The summed E-state index contributed by atoms with van der Waals surface area (Å²) in [6, 6.07) is 0.636. The largest absolute Gasteiger partial charge is 0.369 e. The zero-order valence-corrected chi connectivity index (χ0v) is 9.24. The van der Waals surface area contributed by atoms with Crippen LogP contribution in [0.3, 0.4) is 0 Å². The van der Waals surface area contributed by atoms with Crippen LogP contribution in [0.25, 0.3) is 0 Å². The maximum Gasteiger partial charge on any atom is 0.221 e. The Hall–Kier alpha value is -0.610. The minimum absolute atomic E-state index is 0.0835. The second-order valence-corrected chi connectivity index (χ2v) is 4.79. The Morgan fingerprint density at radius 1 is 1.40 bits per heavy atom. The summed E-state index contributed by atoms with van der Waals surface area (Å²) in [5.74, 6) is -0.0424. The number of nitrogens with zero attached hydrogens (tertiary/aromatic N) is 1. The Morgan fingerprint density at radius 2 is 2.27 bits per heavy atom. The van der Waals surface area contributed by atoms with Crippen molar-refractivity contribution in [3.8, 4) is 0 Å². The molecule has 3 N–H and O–H groups in total. The van der Waals surface area contributed by atoms with Crippen molar-refractivity contribution in [3.63, 3.8) is 0 Å². The van der Waals surface area contributed by atoms with Gasteiger partial charge in [-0.1, -0.05) is 0 Å². The molecule has 0 saturated carbocycles. The van der Waals surface area contributed by atoms with Gasteiger partial charge in [0.2, 0.25) is 5.91 Å². The summed E-state index contributed by atoms with van der Waals surface area (Å²) in [4.78, 5) is 13.5. The fourth-order valence-electron chi connectivity index (χ4n) is 2.68. The average Bonchev–Trinajstić information content (AvgIpc) is 2.71. The van der Waals surface area contributed by atoms with Crippen molar-refractivity contribution in [2.45, 2.75) is 31.7 Å². The Morgan fingerprint density at radius 3 is 2.93 bits per heavy atom. The number of amides is 1. The van der Waals surface area contributed by atoms with E-state index in [2.05, 4.69) is 10.2 Å². The number of hydrogen-bond donors (Lipinski definition) is 2. The molecule has 15 heavy (non-hydrogen) atoms. The molecule has 2 saturated heterocycles. The fraction of sp³-hybridized carbons (Fsp3) is 0.909. The maximum atomic E-state index is 11.1. The summed E-state index contributed by atoms with van der Waals surface area (Å²) in [5, 5.41) is 3.49. The predicted octanol–water partition coefficient (Wildman–Crippen LogP) is -0.0643. The standard InChI is InChI=1S/C11H21N3O/c12-11(15)9-3-2-6-14(7-9)8-10-4-1-5-13-10/h9-10,13H,1-8H2,(H2,12,15)/t9?,10-/m0/s1. The summed E-state index contributed by atoms with van der Waals surface area (Å²) in [6.45, 7) is 4.23. The molecule has 0 aromatic carbocycles. The second kappa shape index (κ2) is 4.94. The molecule has 2 fully saturated rings. The van der Waals surface area contributed by atoms with Gasteiger partial charge in [-0.15, -0.1) is 0 Å². The van der Waals surface area contributed by atoms with E-state index in [9.17, 15) is 4.79 Å². The summed E-state index contributed by atoms with van der Waals surface area (Å²) in [7, 11) is 0. The molecule has 4 nitrogen and oxygen atoms in total. The van der Waals surface area contributed by atoms with E-state index in [-0.39, 0.29) is 11.8 Å². The van der Waals surface area contributed by atoms with Crippen LogP contribution in [-0.4, -0.2) is 43.0 Å². The molecule has 2 atom stereocenters. The van der Waals surface area contributed by atoms with E-state index in [0.29, 0.717) is 6.04 Å². The Kier molecular flexibility index (Phi) is 3.59. The number of nitrogens with two attached hydrogens (primary N) is 1. The average molecular weight is 211 g/mol. The monoisotopic (exact) mass is 211 g/mol. The third-order valence-corrected chi connectivity index (χ3v) is 3.55. The highest BCUT2D eigenvalue weighted by molar-refractivity contribution is 5.76. The zero-order valence-electron chi connectivity index (χ0n) is 9.24. The minimum Gasteiger partial charge on any atom is -0.369 e. The molecular formula is C11H21N3O. The van der Waals surface area contributed by atoms with Crippen LogP contribution in [0.4, 0.5) is 0 Å². The molecule has 0 aliphatic carbocycles. The van der Waals surface area contributed by atoms with Crippen molar-refractivity contribution >= 4 is 5.91 Å². The van der Waals surface area contributed by atoms with Crippen molar-refractivity contribution in [3.05, 3.63) is 0 Å². The first-order valence-corrected chi connectivity index (χ1v) is 6.01. The predicted molar refractivity (Wildman–Crippen MR) is 59.4 cm³/mol. The smallest absolute Gasteiger partial charge is 0.221 e. The molecule has 0 bridgehead atoms. The zero-order chi connectivity index (χ0) is 10.7. The van der Waals surface area contributed by atoms with E-state index in [1.807, 2.05) is 0 Å².